The Morgan fingerprint density at radius 1 is 1.00 bits per heavy atom. The van der Waals surface area contributed by atoms with Gasteiger partial charge in [0.05, 0.1) is 6.54 Å². The van der Waals surface area contributed by atoms with E-state index in [-0.39, 0.29) is 30.7 Å². The highest BCUT2D eigenvalue weighted by molar-refractivity contribution is 5.94. The summed E-state index contributed by atoms with van der Waals surface area (Å²) >= 11 is 0. The molecule has 4 aromatic rings. The summed E-state index contributed by atoms with van der Waals surface area (Å²) in [5.74, 6) is 1.79. The number of rotatable bonds is 8. The third kappa shape index (κ3) is 4.69. The zero-order valence-corrected chi connectivity index (χ0v) is 17.9. The molecule has 0 bridgehead atoms. The fourth-order valence-electron chi connectivity index (χ4n) is 3.60. The third-order valence-electron chi connectivity index (χ3n) is 5.41. The Balaban J connectivity index is 1.22. The van der Waals surface area contributed by atoms with E-state index < -0.39 is 0 Å². The van der Waals surface area contributed by atoms with Crippen LogP contribution in [0.2, 0.25) is 0 Å². The van der Waals surface area contributed by atoms with Crippen molar-refractivity contribution in [3.8, 4) is 22.9 Å². The number of amides is 1. The lowest BCUT2D eigenvalue weighted by Gasteiger charge is -2.07. The normalized spacial score (nSPS) is 13.0. The molecule has 0 aliphatic heterocycles. The molecule has 0 saturated heterocycles. The first-order valence-corrected chi connectivity index (χ1v) is 10.9. The van der Waals surface area contributed by atoms with Gasteiger partial charge in [-0.2, -0.15) is 0 Å². The van der Waals surface area contributed by atoms with Crippen LogP contribution in [0.3, 0.4) is 0 Å². The van der Waals surface area contributed by atoms with Crippen LogP contribution < -0.4 is 15.7 Å². The molecule has 1 amide bonds. The maximum atomic E-state index is 12.9. The molecule has 166 valence electrons. The van der Waals surface area contributed by atoms with E-state index >= 15 is 0 Å². The van der Waals surface area contributed by atoms with Gasteiger partial charge in [-0.15, -0.1) is 5.10 Å². The molecule has 0 radical (unpaired) electrons. The molecule has 8 nitrogen and oxygen atoms in total. The van der Waals surface area contributed by atoms with Gasteiger partial charge in [0.2, 0.25) is 0 Å². The molecular weight excluding hydrogens is 418 g/mol. The van der Waals surface area contributed by atoms with Gasteiger partial charge in [-0.05, 0) is 61.4 Å². The van der Waals surface area contributed by atoms with Crippen LogP contribution in [0, 0.1) is 0 Å². The zero-order chi connectivity index (χ0) is 22.6. The monoisotopic (exact) mass is 441 g/mol. The predicted octanol–water partition coefficient (Wildman–Crippen LogP) is 3.66. The highest BCUT2D eigenvalue weighted by Crippen LogP contribution is 2.36. The molecular formula is C25H23N5O3. The second-order valence-corrected chi connectivity index (χ2v) is 7.87. The van der Waals surface area contributed by atoms with Crippen LogP contribution in [0.15, 0.2) is 83.9 Å². The van der Waals surface area contributed by atoms with E-state index in [4.69, 9.17) is 4.74 Å². The van der Waals surface area contributed by atoms with Crippen LogP contribution in [0.1, 0.15) is 29.2 Å². The third-order valence-corrected chi connectivity index (χ3v) is 5.41. The maximum Gasteiger partial charge on any atom is 0.346 e. The molecule has 1 aliphatic carbocycles. The molecule has 8 heteroatoms. The summed E-state index contributed by atoms with van der Waals surface area (Å²) in [5.41, 5.74) is 1.16. The zero-order valence-electron chi connectivity index (χ0n) is 17.9. The minimum absolute atomic E-state index is 0.159. The van der Waals surface area contributed by atoms with Gasteiger partial charge in [-0.25, -0.2) is 9.48 Å². The number of ether oxygens (including phenoxy) is 1. The Hall–Kier alpha value is -4.20. The van der Waals surface area contributed by atoms with Crippen molar-refractivity contribution in [2.24, 2.45) is 0 Å². The summed E-state index contributed by atoms with van der Waals surface area (Å²) < 4.78 is 8.91. The Labute approximate surface area is 190 Å². The van der Waals surface area contributed by atoms with E-state index in [1.165, 1.54) is 4.68 Å². The van der Waals surface area contributed by atoms with Gasteiger partial charge >= 0.3 is 5.69 Å². The standard InChI is InChI=1S/C25H23N5O3/c31-24(18-8-12-22(13-9-18)33-21-6-2-1-3-7-21)27-15-16-29-25(32)30(20-10-11-20)23(28-29)19-5-4-14-26-17-19/h1-9,12-14,17,20H,10-11,15-16H2,(H,27,31). The Kier molecular flexibility index (Phi) is 5.72. The average Bonchev–Trinajstić information content (AvgIpc) is 3.64. The molecule has 1 N–H and O–H groups in total. The number of hydrogen-bond acceptors (Lipinski definition) is 5. The minimum Gasteiger partial charge on any atom is -0.457 e. The van der Waals surface area contributed by atoms with Crippen molar-refractivity contribution >= 4 is 5.91 Å². The van der Waals surface area contributed by atoms with E-state index in [0.29, 0.717) is 17.1 Å². The van der Waals surface area contributed by atoms with Crippen molar-refractivity contribution in [3.63, 3.8) is 0 Å². The number of nitrogens with zero attached hydrogens (tertiary/aromatic N) is 4. The molecule has 1 aliphatic rings. The second-order valence-electron chi connectivity index (χ2n) is 7.87. The highest BCUT2D eigenvalue weighted by atomic mass is 16.5. The summed E-state index contributed by atoms with van der Waals surface area (Å²) in [4.78, 5) is 29.6. The number of benzene rings is 2. The van der Waals surface area contributed by atoms with Crippen molar-refractivity contribution in [3.05, 3.63) is 95.2 Å². The van der Waals surface area contributed by atoms with Gasteiger partial charge < -0.3 is 10.1 Å². The molecule has 5 rings (SSSR count). The van der Waals surface area contributed by atoms with Gasteiger partial charge in [0, 0.05) is 36.1 Å². The van der Waals surface area contributed by atoms with Crippen LogP contribution in [-0.2, 0) is 6.54 Å². The fraction of sp³-hybridized carbons (Fsp3) is 0.200. The number of para-hydroxylation sites is 1. The second kappa shape index (κ2) is 9.12. The van der Waals surface area contributed by atoms with Crippen LogP contribution >= 0.6 is 0 Å². The van der Waals surface area contributed by atoms with Gasteiger partial charge in [0.15, 0.2) is 5.82 Å². The van der Waals surface area contributed by atoms with E-state index in [9.17, 15) is 9.59 Å². The highest BCUT2D eigenvalue weighted by Gasteiger charge is 2.30. The van der Waals surface area contributed by atoms with E-state index in [1.807, 2.05) is 42.5 Å². The van der Waals surface area contributed by atoms with Crippen molar-refractivity contribution in [1.29, 1.82) is 0 Å². The molecule has 0 spiro atoms. The van der Waals surface area contributed by atoms with Crippen molar-refractivity contribution in [2.75, 3.05) is 6.54 Å². The molecule has 1 saturated carbocycles. The Morgan fingerprint density at radius 3 is 2.45 bits per heavy atom. The van der Waals surface area contributed by atoms with Crippen LogP contribution in [0.25, 0.3) is 11.4 Å². The van der Waals surface area contributed by atoms with Crippen LogP contribution in [0.4, 0.5) is 0 Å². The average molecular weight is 441 g/mol. The summed E-state index contributed by atoms with van der Waals surface area (Å²) in [6.07, 6.45) is 5.34. The molecule has 2 aromatic heterocycles. The van der Waals surface area contributed by atoms with Gasteiger partial charge in [0.1, 0.15) is 11.5 Å². The lowest BCUT2D eigenvalue weighted by Crippen LogP contribution is -2.32. The summed E-state index contributed by atoms with van der Waals surface area (Å²) in [6, 6.07) is 20.3. The van der Waals surface area contributed by atoms with E-state index in [2.05, 4.69) is 15.4 Å². The Morgan fingerprint density at radius 2 is 1.76 bits per heavy atom. The first-order valence-electron chi connectivity index (χ1n) is 10.9. The summed E-state index contributed by atoms with van der Waals surface area (Å²) in [6.45, 7) is 0.571. The number of carbonyl (C=O) groups is 1. The molecule has 0 unspecified atom stereocenters. The first kappa shape index (κ1) is 20.7. The van der Waals surface area contributed by atoms with Crippen LogP contribution in [0.5, 0.6) is 11.5 Å². The minimum atomic E-state index is -0.219. The van der Waals surface area contributed by atoms with E-state index in [1.54, 1.807) is 41.2 Å². The summed E-state index contributed by atoms with van der Waals surface area (Å²) in [5, 5.41) is 7.38. The topological polar surface area (TPSA) is 91.0 Å². The molecule has 2 aromatic carbocycles. The number of aromatic nitrogens is 4. The maximum absolute atomic E-state index is 12.9. The number of pyridine rings is 1. The van der Waals surface area contributed by atoms with Crippen LogP contribution in [-0.4, -0.2) is 31.8 Å². The first-order chi connectivity index (χ1) is 16.2. The van der Waals surface area contributed by atoms with Crippen molar-refractivity contribution in [1.82, 2.24) is 24.6 Å². The lowest BCUT2D eigenvalue weighted by molar-refractivity contribution is 0.0951. The Bertz CT molecular complexity index is 1290. The van der Waals surface area contributed by atoms with Gasteiger partial charge in [-0.1, -0.05) is 18.2 Å². The van der Waals surface area contributed by atoms with Gasteiger partial charge in [0.25, 0.3) is 5.91 Å². The molecule has 0 atom stereocenters. The molecule has 33 heavy (non-hydrogen) atoms. The number of nitrogens with one attached hydrogen (secondary N) is 1. The largest absolute Gasteiger partial charge is 0.457 e. The quantitative estimate of drug-likeness (QED) is 0.451. The molecule has 2 heterocycles. The van der Waals surface area contributed by atoms with E-state index in [0.717, 1.165) is 24.2 Å². The smallest absolute Gasteiger partial charge is 0.346 e. The van der Waals surface area contributed by atoms with Crippen molar-refractivity contribution < 1.29 is 9.53 Å². The number of hydrogen-bond donors (Lipinski definition) is 1. The fourth-order valence-corrected chi connectivity index (χ4v) is 3.60. The lowest BCUT2D eigenvalue weighted by atomic mass is 10.2. The van der Waals surface area contributed by atoms with Gasteiger partial charge in [-0.3, -0.25) is 14.3 Å². The van der Waals surface area contributed by atoms with Crippen molar-refractivity contribution in [2.45, 2.75) is 25.4 Å². The predicted molar refractivity (Wildman–Crippen MR) is 123 cm³/mol. The SMILES string of the molecule is O=C(NCCn1nc(-c2cccnc2)n(C2CC2)c1=O)c1ccc(Oc2ccccc2)cc1. The molecule has 1 fully saturated rings. The summed E-state index contributed by atoms with van der Waals surface area (Å²) in [7, 11) is 0. The number of carbonyl (C=O) groups excluding carboxylic acids is 1.